The molecule has 3 rings (SSSR count). The summed E-state index contributed by atoms with van der Waals surface area (Å²) in [4.78, 5) is 19.2. The van der Waals surface area contributed by atoms with E-state index < -0.39 is 11.4 Å². The fourth-order valence-electron chi connectivity index (χ4n) is 2.33. The van der Waals surface area contributed by atoms with Gasteiger partial charge in [0, 0.05) is 17.7 Å². The molecule has 0 saturated heterocycles. The fourth-order valence-corrected chi connectivity index (χ4v) is 2.33. The van der Waals surface area contributed by atoms with E-state index in [4.69, 9.17) is 5.73 Å². The Bertz CT molecular complexity index is 970. The van der Waals surface area contributed by atoms with Gasteiger partial charge in [-0.05, 0) is 29.8 Å². The van der Waals surface area contributed by atoms with Crippen molar-refractivity contribution in [1.82, 2.24) is 9.97 Å². The van der Waals surface area contributed by atoms with Crippen LogP contribution in [0.5, 0.6) is 0 Å². The van der Waals surface area contributed by atoms with E-state index in [0.29, 0.717) is 23.5 Å². The Morgan fingerprint density at radius 1 is 1.08 bits per heavy atom. The highest BCUT2D eigenvalue weighted by Crippen LogP contribution is 2.23. The molecule has 0 saturated carbocycles. The molecule has 6 heteroatoms. The van der Waals surface area contributed by atoms with E-state index in [2.05, 4.69) is 9.97 Å². The Kier molecular flexibility index (Phi) is 4.18. The lowest BCUT2D eigenvalue weighted by atomic mass is 10.1. The molecule has 3 aromatic rings. The van der Waals surface area contributed by atoms with Gasteiger partial charge < -0.3 is 10.7 Å². The van der Waals surface area contributed by atoms with E-state index in [9.17, 15) is 14.4 Å². The van der Waals surface area contributed by atoms with Crippen molar-refractivity contribution < 1.29 is 4.39 Å². The van der Waals surface area contributed by atoms with Crippen LogP contribution < -0.4 is 11.3 Å². The molecule has 0 bridgehead atoms. The molecule has 24 heavy (non-hydrogen) atoms. The zero-order valence-electron chi connectivity index (χ0n) is 12.6. The minimum absolute atomic E-state index is 0.107. The molecule has 0 aliphatic carbocycles. The Labute approximate surface area is 137 Å². The van der Waals surface area contributed by atoms with Crippen LogP contribution in [-0.2, 0) is 6.54 Å². The summed E-state index contributed by atoms with van der Waals surface area (Å²) in [5, 5.41) is 9.25. The SMILES string of the molecule is N#Cc1c(-c2ccc(F)cc2)nc(-c2ccc(CN)cc2)[nH]c1=O. The monoisotopic (exact) mass is 320 g/mol. The fraction of sp³-hybridized carbons (Fsp3) is 0.0556. The van der Waals surface area contributed by atoms with Crippen molar-refractivity contribution in [3.63, 3.8) is 0 Å². The molecule has 0 radical (unpaired) electrons. The van der Waals surface area contributed by atoms with Gasteiger partial charge >= 0.3 is 0 Å². The van der Waals surface area contributed by atoms with E-state index in [1.165, 1.54) is 24.3 Å². The van der Waals surface area contributed by atoms with Crippen LogP contribution >= 0.6 is 0 Å². The third-order valence-corrected chi connectivity index (χ3v) is 3.61. The summed E-state index contributed by atoms with van der Waals surface area (Å²) in [5.41, 5.74) is 7.29. The van der Waals surface area contributed by atoms with Gasteiger partial charge in [0.05, 0.1) is 5.69 Å². The number of hydrogen-bond acceptors (Lipinski definition) is 4. The third-order valence-electron chi connectivity index (χ3n) is 3.61. The quantitative estimate of drug-likeness (QED) is 0.775. The molecule has 118 valence electrons. The largest absolute Gasteiger partial charge is 0.326 e. The zero-order chi connectivity index (χ0) is 17.1. The number of nitriles is 1. The lowest BCUT2D eigenvalue weighted by molar-refractivity contribution is 0.628. The van der Waals surface area contributed by atoms with Crippen LogP contribution in [-0.4, -0.2) is 9.97 Å². The van der Waals surface area contributed by atoms with Crippen molar-refractivity contribution in [2.24, 2.45) is 5.73 Å². The number of aromatic amines is 1. The minimum Gasteiger partial charge on any atom is -0.326 e. The first-order valence-corrected chi connectivity index (χ1v) is 7.22. The predicted octanol–water partition coefficient (Wildman–Crippen LogP) is 2.57. The molecule has 0 spiro atoms. The summed E-state index contributed by atoms with van der Waals surface area (Å²) in [7, 11) is 0. The zero-order valence-corrected chi connectivity index (χ0v) is 12.6. The molecule has 0 amide bonds. The first-order valence-electron chi connectivity index (χ1n) is 7.22. The van der Waals surface area contributed by atoms with Gasteiger partial charge in [-0.15, -0.1) is 0 Å². The smallest absolute Gasteiger partial charge is 0.269 e. The Balaban J connectivity index is 2.17. The van der Waals surface area contributed by atoms with Crippen LogP contribution in [0, 0.1) is 17.1 Å². The van der Waals surface area contributed by atoms with Crippen molar-refractivity contribution in [3.05, 3.63) is 75.8 Å². The minimum atomic E-state index is -0.537. The maximum atomic E-state index is 13.1. The summed E-state index contributed by atoms with van der Waals surface area (Å²) in [6.45, 7) is 0.415. The van der Waals surface area contributed by atoms with Crippen molar-refractivity contribution in [1.29, 1.82) is 5.26 Å². The molecule has 2 aromatic carbocycles. The highest BCUT2D eigenvalue weighted by Gasteiger charge is 2.14. The summed E-state index contributed by atoms with van der Waals surface area (Å²) >= 11 is 0. The molecule has 1 heterocycles. The van der Waals surface area contributed by atoms with E-state index in [1.807, 2.05) is 18.2 Å². The lowest BCUT2D eigenvalue weighted by Gasteiger charge is -2.07. The molecule has 1 aromatic heterocycles. The highest BCUT2D eigenvalue weighted by atomic mass is 19.1. The molecule has 0 fully saturated rings. The molecular weight excluding hydrogens is 307 g/mol. The Morgan fingerprint density at radius 2 is 1.71 bits per heavy atom. The summed E-state index contributed by atoms with van der Waals surface area (Å²) in [5.74, 6) is -0.0680. The second kappa shape index (κ2) is 6.44. The number of halogens is 1. The number of benzene rings is 2. The molecule has 0 unspecified atom stereocenters. The second-order valence-corrected chi connectivity index (χ2v) is 5.16. The number of rotatable bonds is 3. The van der Waals surface area contributed by atoms with E-state index in [-0.39, 0.29) is 11.3 Å². The number of nitrogens with zero attached hydrogens (tertiary/aromatic N) is 2. The molecular formula is C18H13FN4O. The highest BCUT2D eigenvalue weighted by molar-refractivity contribution is 5.69. The molecule has 3 N–H and O–H groups in total. The number of H-pyrrole nitrogens is 1. The first-order chi connectivity index (χ1) is 11.6. The van der Waals surface area contributed by atoms with Gasteiger partial charge in [0.1, 0.15) is 23.3 Å². The maximum absolute atomic E-state index is 13.1. The predicted molar refractivity (Wildman–Crippen MR) is 88.3 cm³/mol. The van der Waals surface area contributed by atoms with Crippen molar-refractivity contribution in [3.8, 4) is 28.7 Å². The van der Waals surface area contributed by atoms with Crippen LogP contribution in [0.3, 0.4) is 0 Å². The van der Waals surface area contributed by atoms with E-state index in [1.54, 1.807) is 12.1 Å². The van der Waals surface area contributed by atoms with Crippen molar-refractivity contribution >= 4 is 0 Å². The van der Waals surface area contributed by atoms with Crippen LogP contribution in [0.1, 0.15) is 11.1 Å². The number of hydrogen-bond donors (Lipinski definition) is 2. The third kappa shape index (κ3) is 2.93. The standard InChI is InChI=1S/C18H13FN4O/c19-14-7-5-12(6-8-14)16-15(10-21)18(24)23-17(22-16)13-3-1-11(9-20)2-4-13/h1-8H,9,20H2,(H,22,23,24). The molecule has 0 aliphatic heterocycles. The average Bonchev–Trinajstić information content (AvgIpc) is 2.62. The molecule has 5 nitrogen and oxygen atoms in total. The van der Waals surface area contributed by atoms with E-state index in [0.717, 1.165) is 5.56 Å². The van der Waals surface area contributed by atoms with Crippen molar-refractivity contribution in [2.75, 3.05) is 0 Å². The summed E-state index contributed by atoms with van der Waals surface area (Å²) < 4.78 is 13.1. The van der Waals surface area contributed by atoms with Gasteiger partial charge in [-0.2, -0.15) is 5.26 Å². The first kappa shape index (κ1) is 15.6. The van der Waals surface area contributed by atoms with Crippen molar-refractivity contribution in [2.45, 2.75) is 6.54 Å². The summed E-state index contributed by atoms with van der Waals surface area (Å²) in [6, 6.07) is 14.6. The maximum Gasteiger partial charge on any atom is 0.269 e. The number of nitrogens with one attached hydrogen (secondary N) is 1. The van der Waals surface area contributed by atoms with Gasteiger partial charge in [0.25, 0.3) is 5.56 Å². The number of aromatic nitrogens is 2. The lowest BCUT2D eigenvalue weighted by Crippen LogP contribution is -2.15. The van der Waals surface area contributed by atoms with Gasteiger partial charge in [0.15, 0.2) is 0 Å². The van der Waals surface area contributed by atoms with Gasteiger partial charge in [-0.1, -0.05) is 24.3 Å². The van der Waals surface area contributed by atoms with Crippen LogP contribution in [0.2, 0.25) is 0 Å². The van der Waals surface area contributed by atoms with Gasteiger partial charge in [0.2, 0.25) is 0 Å². The molecule has 0 aliphatic rings. The van der Waals surface area contributed by atoms with Crippen LogP contribution in [0.4, 0.5) is 4.39 Å². The van der Waals surface area contributed by atoms with Crippen LogP contribution in [0.25, 0.3) is 22.6 Å². The average molecular weight is 320 g/mol. The topological polar surface area (TPSA) is 95.6 Å². The number of nitrogens with two attached hydrogens (primary N) is 1. The van der Waals surface area contributed by atoms with E-state index >= 15 is 0 Å². The second-order valence-electron chi connectivity index (χ2n) is 5.16. The molecule has 0 atom stereocenters. The van der Waals surface area contributed by atoms with Gasteiger partial charge in [-0.25, -0.2) is 9.37 Å². The Hall–Kier alpha value is -3.30. The normalized spacial score (nSPS) is 10.4. The van der Waals surface area contributed by atoms with Gasteiger partial charge in [-0.3, -0.25) is 4.79 Å². The van der Waals surface area contributed by atoms with Crippen LogP contribution in [0.15, 0.2) is 53.3 Å². The Morgan fingerprint density at radius 3 is 2.29 bits per heavy atom. The summed E-state index contributed by atoms with van der Waals surface area (Å²) in [6.07, 6.45) is 0.